The molecule has 0 aliphatic rings. The minimum absolute atomic E-state index is 0.442. The first-order valence-corrected chi connectivity index (χ1v) is 5.06. The van der Waals surface area contributed by atoms with E-state index in [2.05, 4.69) is 6.92 Å². The maximum atomic E-state index is 10.7. The molecule has 0 fully saturated rings. The van der Waals surface area contributed by atoms with Crippen molar-refractivity contribution < 1.29 is 4.79 Å². The summed E-state index contributed by atoms with van der Waals surface area (Å²) in [5.74, 6) is -1.21. The molecule has 0 bridgehead atoms. The first kappa shape index (κ1) is 12.7. The molecule has 0 heterocycles. The van der Waals surface area contributed by atoms with E-state index in [9.17, 15) is 4.79 Å². The summed E-state index contributed by atoms with van der Waals surface area (Å²) in [6.07, 6.45) is 8.94. The number of primary amides is 1. The molecule has 14 heavy (non-hydrogen) atoms. The monoisotopic (exact) mass is 194 g/mol. The van der Waals surface area contributed by atoms with E-state index < -0.39 is 11.8 Å². The summed E-state index contributed by atoms with van der Waals surface area (Å²) >= 11 is 0. The Balaban J connectivity index is 3.60. The molecule has 0 aliphatic heterocycles. The molecule has 0 aromatic heterocycles. The van der Waals surface area contributed by atoms with E-state index in [4.69, 9.17) is 11.0 Å². The lowest BCUT2D eigenvalue weighted by Crippen LogP contribution is -2.21. The Hall–Kier alpha value is -1.30. The van der Waals surface area contributed by atoms with E-state index in [0.717, 1.165) is 6.42 Å². The van der Waals surface area contributed by atoms with Crippen molar-refractivity contribution in [3.8, 4) is 6.07 Å². The summed E-state index contributed by atoms with van der Waals surface area (Å²) in [6, 6.07) is 1.88. The van der Waals surface area contributed by atoms with Crippen LogP contribution >= 0.6 is 0 Å². The largest absolute Gasteiger partial charge is 0.369 e. The van der Waals surface area contributed by atoms with E-state index in [-0.39, 0.29) is 0 Å². The molecule has 3 heteroatoms. The molecule has 3 nitrogen and oxygen atoms in total. The maximum absolute atomic E-state index is 10.7. The third-order valence-electron chi connectivity index (χ3n) is 2.01. The van der Waals surface area contributed by atoms with Gasteiger partial charge >= 0.3 is 0 Å². The highest BCUT2D eigenvalue weighted by molar-refractivity contribution is 5.79. The summed E-state index contributed by atoms with van der Waals surface area (Å²) in [5, 5.41) is 8.55. The number of carbonyl (C=O) groups excluding carboxylic acids is 1. The van der Waals surface area contributed by atoms with E-state index in [1.807, 2.05) is 18.2 Å². The average molecular weight is 194 g/mol. The van der Waals surface area contributed by atoms with Crippen molar-refractivity contribution in [2.75, 3.05) is 0 Å². The van der Waals surface area contributed by atoms with Crippen molar-refractivity contribution in [3.05, 3.63) is 12.2 Å². The number of nitrogens with zero attached hydrogens (tertiary/aromatic N) is 1. The smallest absolute Gasteiger partial charge is 0.235 e. The fourth-order valence-corrected chi connectivity index (χ4v) is 1.09. The number of rotatable bonds is 7. The highest BCUT2D eigenvalue weighted by Crippen LogP contribution is 2.04. The third kappa shape index (κ3) is 6.24. The summed E-state index contributed by atoms with van der Waals surface area (Å²) in [6.45, 7) is 2.16. The van der Waals surface area contributed by atoms with Crippen LogP contribution in [0.25, 0.3) is 0 Å². The average Bonchev–Trinajstić information content (AvgIpc) is 2.16. The summed E-state index contributed by atoms with van der Waals surface area (Å²) < 4.78 is 0. The van der Waals surface area contributed by atoms with Crippen LogP contribution in [0.3, 0.4) is 0 Å². The van der Waals surface area contributed by atoms with E-state index in [0.29, 0.717) is 6.42 Å². The summed E-state index contributed by atoms with van der Waals surface area (Å²) in [7, 11) is 0. The lowest BCUT2D eigenvalue weighted by molar-refractivity contribution is -0.120. The zero-order valence-electron chi connectivity index (χ0n) is 8.70. The number of allylic oxidation sites excluding steroid dienone is 2. The van der Waals surface area contributed by atoms with Crippen LogP contribution in [0.4, 0.5) is 0 Å². The van der Waals surface area contributed by atoms with Gasteiger partial charge in [-0.2, -0.15) is 5.26 Å². The number of hydrogen-bond donors (Lipinski definition) is 1. The molecule has 0 radical (unpaired) electrons. The van der Waals surface area contributed by atoms with Gasteiger partial charge in [0.25, 0.3) is 0 Å². The van der Waals surface area contributed by atoms with Crippen molar-refractivity contribution in [1.82, 2.24) is 0 Å². The van der Waals surface area contributed by atoms with Crippen LogP contribution in [0.5, 0.6) is 0 Å². The first-order valence-electron chi connectivity index (χ1n) is 5.06. The van der Waals surface area contributed by atoms with Gasteiger partial charge in [-0.15, -0.1) is 0 Å². The third-order valence-corrected chi connectivity index (χ3v) is 2.01. The minimum Gasteiger partial charge on any atom is -0.369 e. The van der Waals surface area contributed by atoms with Crippen molar-refractivity contribution in [1.29, 1.82) is 5.26 Å². The molecule has 0 saturated carbocycles. The number of nitrogens with two attached hydrogens (primary N) is 1. The van der Waals surface area contributed by atoms with Crippen molar-refractivity contribution >= 4 is 5.91 Å². The zero-order valence-corrected chi connectivity index (χ0v) is 8.70. The van der Waals surface area contributed by atoms with Gasteiger partial charge in [0.05, 0.1) is 6.07 Å². The van der Waals surface area contributed by atoms with Gasteiger partial charge in [-0.3, -0.25) is 4.79 Å². The van der Waals surface area contributed by atoms with Crippen molar-refractivity contribution in [2.24, 2.45) is 11.7 Å². The zero-order chi connectivity index (χ0) is 10.8. The fraction of sp³-hybridized carbons (Fsp3) is 0.636. The Morgan fingerprint density at radius 3 is 2.71 bits per heavy atom. The Bertz CT molecular complexity index is 228. The molecule has 0 aromatic rings. The normalized spacial score (nSPS) is 12.6. The first-order chi connectivity index (χ1) is 6.72. The molecule has 0 aromatic carbocycles. The van der Waals surface area contributed by atoms with Crippen LogP contribution in [0.15, 0.2) is 12.2 Å². The molecular formula is C11H18N2O. The quantitative estimate of drug-likeness (QED) is 0.498. The number of carbonyl (C=O) groups is 1. The minimum atomic E-state index is -0.669. The number of nitriles is 1. The van der Waals surface area contributed by atoms with Crippen LogP contribution in [-0.2, 0) is 4.79 Å². The Morgan fingerprint density at radius 2 is 2.21 bits per heavy atom. The summed E-state index contributed by atoms with van der Waals surface area (Å²) in [5.41, 5.74) is 5.01. The van der Waals surface area contributed by atoms with Gasteiger partial charge < -0.3 is 5.73 Å². The van der Waals surface area contributed by atoms with Crippen molar-refractivity contribution in [3.63, 3.8) is 0 Å². The predicted octanol–water partition coefficient (Wildman–Crippen LogP) is 2.14. The second-order valence-electron chi connectivity index (χ2n) is 3.29. The molecule has 0 saturated heterocycles. The standard InChI is InChI=1S/C11H18N2O/c1-2-3-4-5-6-7-8-10(9-12)11(13)14/h6-7,10H,2-5,8H2,1H3,(H2,13,14)/b7-6+. The molecule has 1 unspecified atom stereocenters. The molecule has 0 aliphatic carbocycles. The van der Waals surface area contributed by atoms with Crippen LogP contribution in [0.1, 0.15) is 39.0 Å². The van der Waals surface area contributed by atoms with Gasteiger partial charge in [-0.05, 0) is 19.3 Å². The van der Waals surface area contributed by atoms with Crippen LogP contribution in [-0.4, -0.2) is 5.91 Å². The van der Waals surface area contributed by atoms with Crippen LogP contribution in [0, 0.1) is 17.2 Å². The fourth-order valence-electron chi connectivity index (χ4n) is 1.09. The molecule has 0 rings (SSSR count). The summed E-state index contributed by atoms with van der Waals surface area (Å²) in [4.78, 5) is 10.7. The van der Waals surface area contributed by atoms with Gasteiger partial charge in [0.15, 0.2) is 0 Å². The van der Waals surface area contributed by atoms with Gasteiger partial charge in [-0.1, -0.05) is 31.9 Å². The highest BCUT2D eigenvalue weighted by atomic mass is 16.1. The number of amides is 1. The van der Waals surface area contributed by atoms with Gasteiger partial charge in [0.1, 0.15) is 5.92 Å². The van der Waals surface area contributed by atoms with Crippen LogP contribution in [0.2, 0.25) is 0 Å². The van der Waals surface area contributed by atoms with Crippen molar-refractivity contribution in [2.45, 2.75) is 39.0 Å². The molecule has 1 amide bonds. The molecule has 2 N–H and O–H groups in total. The highest BCUT2D eigenvalue weighted by Gasteiger charge is 2.10. The van der Waals surface area contributed by atoms with Gasteiger partial charge in [0, 0.05) is 0 Å². The second kappa shape index (κ2) is 8.31. The number of unbranched alkanes of at least 4 members (excludes halogenated alkanes) is 3. The second-order valence-corrected chi connectivity index (χ2v) is 3.29. The molecular weight excluding hydrogens is 176 g/mol. The Labute approximate surface area is 85.6 Å². The van der Waals surface area contributed by atoms with E-state index >= 15 is 0 Å². The van der Waals surface area contributed by atoms with Crippen LogP contribution < -0.4 is 5.73 Å². The van der Waals surface area contributed by atoms with Gasteiger partial charge in [-0.25, -0.2) is 0 Å². The number of hydrogen-bond acceptors (Lipinski definition) is 2. The Kier molecular flexibility index (Phi) is 7.53. The predicted molar refractivity (Wildman–Crippen MR) is 56.2 cm³/mol. The molecule has 78 valence electrons. The molecule has 0 spiro atoms. The lowest BCUT2D eigenvalue weighted by atomic mass is 10.1. The van der Waals surface area contributed by atoms with Gasteiger partial charge in [0.2, 0.25) is 5.91 Å². The SMILES string of the molecule is CCCCC/C=C/CC(C#N)C(N)=O. The van der Waals surface area contributed by atoms with E-state index in [1.165, 1.54) is 19.3 Å². The maximum Gasteiger partial charge on any atom is 0.235 e. The molecule has 1 atom stereocenters. The topological polar surface area (TPSA) is 66.9 Å². The lowest BCUT2D eigenvalue weighted by Gasteiger charge is -1.98. The van der Waals surface area contributed by atoms with E-state index in [1.54, 1.807) is 0 Å². The Morgan fingerprint density at radius 1 is 1.50 bits per heavy atom.